The number of likely N-dealkylation sites (tertiary alicyclic amines) is 1. The lowest BCUT2D eigenvalue weighted by Gasteiger charge is -2.41. The van der Waals surface area contributed by atoms with Crippen molar-refractivity contribution < 1.29 is 14.3 Å². The van der Waals surface area contributed by atoms with Crippen LogP contribution >= 0.6 is 0 Å². The molecule has 3 aliphatic rings. The highest BCUT2D eigenvalue weighted by molar-refractivity contribution is 5.76. The SMILES string of the molecule is CC(=O)N1[C@@H]2CC[C@H]1CC(OC1CCN(C(=O)Cn3cc(C)cn3)CC1)C2. The van der Waals surface area contributed by atoms with Gasteiger partial charge in [-0.1, -0.05) is 0 Å². The smallest absolute Gasteiger partial charge is 0.244 e. The average Bonchev–Trinajstić information content (AvgIpc) is 3.16. The van der Waals surface area contributed by atoms with Crippen molar-refractivity contribution in [2.24, 2.45) is 0 Å². The van der Waals surface area contributed by atoms with E-state index in [-0.39, 0.29) is 24.0 Å². The zero-order valence-electron chi connectivity index (χ0n) is 16.3. The van der Waals surface area contributed by atoms with Gasteiger partial charge in [-0.05, 0) is 51.0 Å². The fraction of sp³-hybridized carbons (Fsp3) is 0.750. The van der Waals surface area contributed by atoms with Crippen LogP contribution in [0.1, 0.15) is 51.0 Å². The molecular formula is C20H30N4O3. The first-order chi connectivity index (χ1) is 13.0. The summed E-state index contributed by atoms with van der Waals surface area (Å²) in [5.41, 5.74) is 1.07. The number of aryl methyl sites for hydroxylation is 1. The van der Waals surface area contributed by atoms with Crippen molar-refractivity contribution in [1.82, 2.24) is 19.6 Å². The number of carbonyl (C=O) groups excluding carboxylic acids is 2. The van der Waals surface area contributed by atoms with Crippen molar-refractivity contribution in [2.45, 2.75) is 83.2 Å². The number of rotatable bonds is 4. The predicted octanol–water partition coefficient (Wildman–Crippen LogP) is 1.74. The number of hydrogen-bond acceptors (Lipinski definition) is 4. The molecule has 4 rings (SSSR count). The van der Waals surface area contributed by atoms with Crippen LogP contribution in [0.2, 0.25) is 0 Å². The van der Waals surface area contributed by atoms with Gasteiger partial charge < -0.3 is 14.5 Å². The van der Waals surface area contributed by atoms with Gasteiger partial charge in [-0.15, -0.1) is 0 Å². The van der Waals surface area contributed by atoms with Gasteiger partial charge in [0.1, 0.15) is 6.54 Å². The quantitative estimate of drug-likeness (QED) is 0.805. The highest BCUT2D eigenvalue weighted by atomic mass is 16.5. The van der Waals surface area contributed by atoms with E-state index in [0.717, 1.165) is 57.2 Å². The zero-order chi connectivity index (χ0) is 19.0. The Bertz CT molecular complexity index is 681. The standard InChI is InChI=1S/C20H30N4O3/c1-14-11-21-23(12-14)13-20(26)22-7-5-18(6-8-22)27-19-9-16-3-4-17(10-19)24(16)15(2)25/h11-12,16-19H,3-10,13H2,1-2H3/t16-,17+,19?. The molecule has 1 unspecified atom stereocenters. The molecule has 3 fully saturated rings. The third-order valence-electron chi connectivity index (χ3n) is 6.29. The molecule has 0 N–H and O–H groups in total. The predicted molar refractivity (Wildman–Crippen MR) is 100 cm³/mol. The van der Waals surface area contributed by atoms with Gasteiger partial charge in [0.2, 0.25) is 11.8 Å². The molecule has 148 valence electrons. The summed E-state index contributed by atoms with van der Waals surface area (Å²) in [5.74, 6) is 0.338. The Hall–Kier alpha value is -1.89. The van der Waals surface area contributed by atoms with Crippen LogP contribution in [0.25, 0.3) is 0 Å². The second-order valence-electron chi connectivity index (χ2n) is 8.34. The van der Waals surface area contributed by atoms with Gasteiger partial charge >= 0.3 is 0 Å². The lowest BCUT2D eigenvalue weighted by molar-refractivity contribution is -0.140. The number of nitrogens with zero attached hydrogens (tertiary/aromatic N) is 4. The average molecular weight is 374 g/mol. The molecule has 7 nitrogen and oxygen atoms in total. The third kappa shape index (κ3) is 4.03. The fourth-order valence-electron chi connectivity index (χ4n) is 5.06. The van der Waals surface area contributed by atoms with Crippen LogP contribution in [-0.4, -0.2) is 68.8 Å². The summed E-state index contributed by atoms with van der Waals surface area (Å²) < 4.78 is 8.10. The number of amides is 2. The van der Waals surface area contributed by atoms with Crippen LogP contribution < -0.4 is 0 Å². The Kier molecular flexibility index (Phi) is 5.21. The topological polar surface area (TPSA) is 67.7 Å². The Morgan fingerprint density at radius 2 is 1.78 bits per heavy atom. The monoisotopic (exact) mass is 374 g/mol. The maximum absolute atomic E-state index is 12.5. The maximum atomic E-state index is 12.5. The molecule has 0 aliphatic carbocycles. The molecule has 0 radical (unpaired) electrons. The molecular weight excluding hydrogens is 344 g/mol. The minimum absolute atomic E-state index is 0.129. The number of aromatic nitrogens is 2. The van der Waals surface area contributed by atoms with Crippen molar-refractivity contribution in [3.63, 3.8) is 0 Å². The van der Waals surface area contributed by atoms with Gasteiger partial charge in [-0.25, -0.2) is 0 Å². The second kappa shape index (κ2) is 7.62. The number of piperidine rings is 2. The summed E-state index contributed by atoms with van der Waals surface area (Å²) in [6, 6.07) is 0.732. The summed E-state index contributed by atoms with van der Waals surface area (Å²) in [6.45, 7) is 5.48. The Balaban J connectivity index is 1.23. The summed E-state index contributed by atoms with van der Waals surface area (Å²) in [4.78, 5) is 28.3. The van der Waals surface area contributed by atoms with Crippen LogP contribution in [0.15, 0.2) is 12.4 Å². The van der Waals surface area contributed by atoms with E-state index in [1.807, 2.05) is 18.0 Å². The molecule has 2 amide bonds. The first-order valence-corrected chi connectivity index (χ1v) is 10.2. The largest absolute Gasteiger partial charge is 0.375 e. The van der Waals surface area contributed by atoms with E-state index < -0.39 is 0 Å². The lowest BCUT2D eigenvalue weighted by Crippen LogP contribution is -2.49. The van der Waals surface area contributed by atoms with E-state index in [9.17, 15) is 9.59 Å². The zero-order valence-corrected chi connectivity index (χ0v) is 16.3. The van der Waals surface area contributed by atoms with E-state index in [4.69, 9.17) is 4.74 Å². The molecule has 0 aromatic carbocycles. The minimum atomic E-state index is 0.129. The molecule has 1 aromatic rings. The number of ether oxygens (including phenoxy) is 1. The molecule has 2 bridgehead atoms. The molecule has 27 heavy (non-hydrogen) atoms. The van der Waals surface area contributed by atoms with Crippen LogP contribution in [0.3, 0.4) is 0 Å². The highest BCUT2D eigenvalue weighted by Gasteiger charge is 2.43. The van der Waals surface area contributed by atoms with Gasteiger partial charge in [-0.2, -0.15) is 5.10 Å². The van der Waals surface area contributed by atoms with E-state index in [1.165, 1.54) is 0 Å². The molecule has 3 atom stereocenters. The van der Waals surface area contributed by atoms with Crippen molar-refractivity contribution in [1.29, 1.82) is 0 Å². The normalized spacial score (nSPS) is 28.6. The number of fused-ring (bicyclic) bond motifs is 2. The summed E-state index contributed by atoms with van der Waals surface area (Å²) in [7, 11) is 0. The van der Waals surface area contributed by atoms with Crippen LogP contribution in [0.4, 0.5) is 0 Å². The van der Waals surface area contributed by atoms with Gasteiger partial charge in [-0.3, -0.25) is 14.3 Å². The van der Waals surface area contributed by atoms with Crippen LogP contribution in [0, 0.1) is 6.92 Å². The maximum Gasteiger partial charge on any atom is 0.244 e. The summed E-state index contributed by atoms with van der Waals surface area (Å²) in [5, 5.41) is 4.20. The molecule has 3 saturated heterocycles. The number of hydrogen-bond donors (Lipinski definition) is 0. The number of carbonyl (C=O) groups is 2. The molecule has 4 heterocycles. The van der Waals surface area contributed by atoms with Gasteiger partial charge in [0, 0.05) is 38.3 Å². The first-order valence-electron chi connectivity index (χ1n) is 10.2. The van der Waals surface area contributed by atoms with Crippen molar-refractivity contribution >= 4 is 11.8 Å². The van der Waals surface area contributed by atoms with E-state index in [0.29, 0.717) is 18.6 Å². The molecule has 0 saturated carbocycles. The second-order valence-corrected chi connectivity index (χ2v) is 8.34. The lowest BCUT2D eigenvalue weighted by atomic mass is 9.98. The van der Waals surface area contributed by atoms with Crippen LogP contribution in [0.5, 0.6) is 0 Å². The van der Waals surface area contributed by atoms with E-state index in [1.54, 1.807) is 17.8 Å². The van der Waals surface area contributed by atoms with Gasteiger partial charge in [0.15, 0.2) is 0 Å². The first kappa shape index (κ1) is 18.5. The van der Waals surface area contributed by atoms with Crippen molar-refractivity contribution in [3.05, 3.63) is 18.0 Å². The Morgan fingerprint density at radius 1 is 1.11 bits per heavy atom. The van der Waals surface area contributed by atoms with E-state index in [2.05, 4.69) is 10.00 Å². The third-order valence-corrected chi connectivity index (χ3v) is 6.29. The Labute approximate surface area is 160 Å². The summed E-state index contributed by atoms with van der Waals surface area (Å²) >= 11 is 0. The molecule has 3 aliphatic heterocycles. The fourth-order valence-corrected chi connectivity index (χ4v) is 5.06. The van der Waals surface area contributed by atoms with Crippen molar-refractivity contribution in [2.75, 3.05) is 13.1 Å². The van der Waals surface area contributed by atoms with Gasteiger partial charge in [0.25, 0.3) is 0 Å². The molecule has 7 heteroatoms. The minimum Gasteiger partial charge on any atom is -0.375 e. The van der Waals surface area contributed by atoms with Gasteiger partial charge in [0.05, 0.1) is 18.4 Å². The molecule has 0 spiro atoms. The van der Waals surface area contributed by atoms with Crippen LogP contribution in [-0.2, 0) is 20.9 Å². The highest BCUT2D eigenvalue weighted by Crippen LogP contribution is 2.37. The summed E-state index contributed by atoms with van der Waals surface area (Å²) in [6.07, 6.45) is 10.1. The Morgan fingerprint density at radius 3 is 2.33 bits per heavy atom. The van der Waals surface area contributed by atoms with Crippen molar-refractivity contribution in [3.8, 4) is 0 Å². The molecule has 1 aromatic heterocycles. The van der Waals surface area contributed by atoms with E-state index >= 15 is 0 Å².